The SMILES string of the molecule is Cc1nc(Nc2ccccc2)ncc1C#N. The van der Waals surface area contributed by atoms with Crippen LogP contribution in [0.4, 0.5) is 11.6 Å². The van der Waals surface area contributed by atoms with Crippen LogP contribution in [0.2, 0.25) is 0 Å². The first-order valence-electron chi connectivity index (χ1n) is 4.85. The molecule has 0 aliphatic rings. The van der Waals surface area contributed by atoms with Crippen LogP contribution in [0.1, 0.15) is 11.3 Å². The second kappa shape index (κ2) is 4.41. The van der Waals surface area contributed by atoms with Crippen molar-refractivity contribution in [2.24, 2.45) is 0 Å². The Labute approximate surface area is 93.6 Å². The number of nitrogens with zero attached hydrogens (tertiary/aromatic N) is 3. The summed E-state index contributed by atoms with van der Waals surface area (Å²) in [6, 6.07) is 11.7. The fourth-order valence-electron chi connectivity index (χ4n) is 1.29. The second-order valence-corrected chi connectivity index (χ2v) is 3.30. The van der Waals surface area contributed by atoms with Gasteiger partial charge in [0.1, 0.15) is 6.07 Å². The normalized spacial score (nSPS) is 9.50. The molecule has 16 heavy (non-hydrogen) atoms. The molecular weight excluding hydrogens is 200 g/mol. The van der Waals surface area contributed by atoms with E-state index in [2.05, 4.69) is 15.3 Å². The Morgan fingerprint density at radius 3 is 2.62 bits per heavy atom. The highest BCUT2D eigenvalue weighted by Crippen LogP contribution is 2.12. The van der Waals surface area contributed by atoms with Crippen LogP contribution >= 0.6 is 0 Å². The van der Waals surface area contributed by atoms with Crippen molar-refractivity contribution in [2.45, 2.75) is 6.92 Å². The van der Waals surface area contributed by atoms with Crippen molar-refractivity contribution in [3.8, 4) is 6.07 Å². The number of anilines is 2. The van der Waals surface area contributed by atoms with Gasteiger partial charge in [-0.2, -0.15) is 5.26 Å². The summed E-state index contributed by atoms with van der Waals surface area (Å²) in [4.78, 5) is 8.26. The van der Waals surface area contributed by atoms with Crippen LogP contribution in [-0.2, 0) is 0 Å². The molecule has 1 heterocycles. The molecule has 0 aliphatic carbocycles. The molecule has 4 nitrogen and oxygen atoms in total. The maximum absolute atomic E-state index is 8.75. The van der Waals surface area contributed by atoms with E-state index >= 15 is 0 Å². The Balaban J connectivity index is 2.24. The molecule has 0 spiro atoms. The number of hydrogen-bond donors (Lipinski definition) is 1. The number of benzene rings is 1. The topological polar surface area (TPSA) is 61.6 Å². The summed E-state index contributed by atoms with van der Waals surface area (Å²) in [5.74, 6) is 0.502. The zero-order chi connectivity index (χ0) is 11.4. The Morgan fingerprint density at radius 1 is 1.25 bits per heavy atom. The van der Waals surface area contributed by atoms with Crippen LogP contribution in [0.25, 0.3) is 0 Å². The van der Waals surface area contributed by atoms with E-state index in [1.165, 1.54) is 6.20 Å². The van der Waals surface area contributed by atoms with E-state index in [9.17, 15) is 0 Å². The Hall–Kier alpha value is -2.41. The predicted octanol–water partition coefficient (Wildman–Crippen LogP) is 2.40. The highest BCUT2D eigenvalue weighted by molar-refractivity contribution is 5.53. The smallest absolute Gasteiger partial charge is 0.227 e. The average Bonchev–Trinajstić information content (AvgIpc) is 2.31. The number of hydrogen-bond acceptors (Lipinski definition) is 4. The fourth-order valence-corrected chi connectivity index (χ4v) is 1.29. The molecule has 1 aromatic heterocycles. The first-order chi connectivity index (χ1) is 7.79. The zero-order valence-electron chi connectivity index (χ0n) is 8.81. The van der Waals surface area contributed by atoms with Crippen LogP contribution in [0, 0.1) is 18.3 Å². The summed E-state index contributed by atoms with van der Waals surface area (Å²) in [6.07, 6.45) is 1.52. The largest absolute Gasteiger partial charge is 0.324 e. The van der Waals surface area contributed by atoms with Crippen molar-refractivity contribution in [3.05, 3.63) is 47.8 Å². The maximum atomic E-state index is 8.75. The third kappa shape index (κ3) is 2.15. The molecule has 0 atom stereocenters. The van der Waals surface area contributed by atoms with Gasteiger partial charge in [0, 0.05) is 5.69 Å². The third-order valence-electron chi connectivity index (χ3n) is 2.13. The van der Waals surface area contributed by atoms with E-state index in [4.69, 9.17) is 5.26 Å². The van der Waals surface area contributed by atoms with Gasteiger partial charge in [0.2, 0.25) is 5.95 Å². The van der Waals surface area contributed by atoms with Gasteiger partial charge in [-0.05, 0) is 19.1 Å². The third-order valence-corrected chi connectivity index (χ3v) is 2.13. The van der Waals surface area contributed by atoms with Gasteiger partial charge in [-0.15, -0.1) is 0 Å². The van der Waals surface area contributed by atoms with Gasteiger partial charge in [-0.1, -0.05) is 18.2 Å². The van der Waals surface area contributed by atoms with E-state index in [0.717, 1.165) is 5.69 Å². The molecule has 0 fully saturated rings. The molecular formula is C12H10N4. The van der Waals surface area contributed by atoms with Crippen molar-refractivity contribution in [1.29, 1.82) is 5.26 Å². The minimum Gasteiger partial charge on any atom is -0.324 e. The van der Waals surface area contributed by atoms with Crippen LogP contribution in [0.5, 0.6) is 0 Å². The standard InChI is InChI=1S/C12H10N4/c1-9-10(7-13)8-14-12(15-9)16-11-5-3-2-4-6-11/h2-6,8H,1H3,(H,14,15,16). The average molecular weight is 210 g/mol. The summed E-state index contributed by atoms with van der Waals surface area (Å²) in [7, 11) is 0. The van der Waals surface area contributed by atoms with Gasteiger partial charge in [0.25, 0.3) is 0 Å². The Kier molecular flexibility index (Phi) is 2.79. The summed E-state index contributed by atoms with van der Waals surface area (Å²) < 4.78 is 0. The quantitative estimate of drug-likeness (QED) is 0.826. The molecule has 2 aromatic rings. The molecule has 4 heteroatoms. The van der Waals surface area contributed by atoms with Gasteiger partial charge >= 0.3 is 0 Å². The molecule has 0 saturated heterocycles. The van der Waals surface area contributed by atoms with Crippen LogP contribution in [-0.4, -0.2) is 9.97 Å². The van der Waals surface area contributed by atoms with Crippen molar-refractivity contribution >= 4 is 11.6 Å². The first kappa shape index (κ1) is 10.1. The number of rotatable bonds is 2. The van der Waals surface area contributed by atoms with E-state index < -0.39 is 0 Å². The number of nitriles is 1. The Bertz CT molecular complexity index is 528. The molecule has 78 valence electrons. The van der Waals surface area contributed by atoms with E-state index in [-0.39, 0.29) is 0 Å². The lowest BCUT2D eigenvalue weighted by molar-refractivity contribution is 1.09. The zero-order valence-corrected chi connectivity index (χ0v) is 8.81. The van der Waals surface area contributed by atoms with E-state index in [1.807, 2.05) is 36.4 Å². The minimum absolute atomic E-state index is 0.499. The number of nitrogens with one attached hydrogen (secondary N) is 1. The van der Waals surface area contributed by atoms with Gasteiger partial charge in [-0.25, -0.2) is 9.97 Å². The molecule has 0 aliphatic heterocycles. The summed E-state index contributed by atoms with van der Waals surface area (Å²) in [6.45, 7) is 1.79. The van der Waals surface area contributed by atoms with Crippen molar-refractivity contribution in [2.75, 3.05) is 5.32 Å². The van der Waals surface area contributed by atoms with Crippen LogP contribution < -0.4 is 5.32 Å². The molecule has 1 aromatic carbocycles. The highest BCUT2D eigenvalue weighted by Gasteiger charge is 2.02. The van der Waals surface area contributed by atoms with Crippen LogP contribution in [0.3, 0.4) is 0 Å². The van der Waals surface area contributed by atoms with Crippen molar-refractivity contribution in [3.63, 3.8) is 0 Å². The molecule has 0 radical (unpaired) electrons. The first-order valence-corrected chi connectivity index (χ1v) is 4.85. The molecule has 0 saturated carbocycles. The summed E-state index contributed by atoms with van der Waals surface area (Å²) in [5, 5.41) is 11.8. The lowest BCUT2D eigenvalue weighted by atomic mass is 10.3. The monoisotopic (exact) mass is 210 g/mol. The van der Waals surface area contributed by atoms with E-state index in [0.29, 0.717) is 17.2 Å². The molecule has 0 unspecified atom stereocenters. The van der Waals surface area contributed by atoms with Gasteiger partial charge in [0.15, 0.2) is 0 Å². The number of para-hydroxylation sites is 1. The van der Waals surface area contributed by atoms with Gasteiger partial charge in [0.05, 0.1) is 17.5 Å². The molecule has 0 amide bonds. The summed E-state index contributed by atoms with van der Waals surface area (Å²) >= 11 is 0. The lowest BCUT2D eigenvalue weighted by Crippen LogP contribution is -1.99. The van der Waals surface area contributed by atoms with Crippen molar-refractivity contribution < 1.29 is 0 Å². The van der Waals surface area contributed by atoms with Crippen LogP contribution in [0.15, 0.2) is 36.5 Å². The second-order valence-electron chi connectivity index (χ2n) is 3.30. The number of aromatic nitrogens is 2. The fraction of sp³-hybridized carbons (Fsp3) is 0.0833. The molecule has 0 bridgehead atoms. The maximum Gasteiger partial charge on any atom is 0.227 e. The minimum atomic E-state index is 0.499. The number of aryl methyl sites for hydroxylation is 1. The van der Waals surface area contributed by atoms with Gasteiger partial charge < -0.3 is 5.32 Å². The lowest BCUT2D eigenvalue weighted by Gasteiger charge is -2.05. The van der Waals surface area contributed by atoms with E-state index in [1.54, 1.807) is 6.92 Å². The summed E-state index contributed by atoms with van der Waals surface area (Å²) in [5.41, 5.74) is 2.10. The van der Waals surface area contributed by atoms with Gasteiger partial charge in [-0.3, -0.25) is 0 Å². The van der Waals surface area contributed by atoms with Crippen molar-refractivity contribution in [1.82, 2.24) is 9.97 Å². The molecule has 2 rings (SSSR count). The Morgan fingerprint density at radius 2 is 2.00 bits per heavy atom. The molecule has 1 N–H and O–H groups in total. The highest BCUT2D eigenvalue weighted by atomic mass is 15.1. The predicted molar refractivity (Wildman–Crippen MR) is 61.2 cm³/mol.